The topological polar surface area (TPSA) is 30.2 Å². The molecule has 0 spiro atoms. The van der Waals surface area contributed by atoms with Crippen molar-refractivity contribution < 1.29 is 0 Å². The molecule has 23 heavy (non-hydrogen) atoms. The number of aliphatic imine (C=N–C) groups is 1. The largest absolute Gasteiger partial charge is 0.256 e. The predicted molar refractivity (Wildman–Crippen MR) is 97.4 cm³/mol. The van der Waals surface area contributed by atoms with Gasteiger partial charge in [-0.3, -0.25) is 9.67 Å². The maximum Gasteiger partial charge on any atom is 0.136 e. The van der Waals surface area contributed by atoms with Crippen LogP contribution in [0.15, 0.2) is 53.5 Å². The van der Waals surface area contributed by atoms with Gasteiger partial charge in [0, 0.05) is 18.8 Å². The molecule has 0 fully saturated rings. The van der Waals surface area contributed by atoms with Crippen LogP contribution in [0.4, 0.5) is 5.69 Å². The first-order chi connectivity index (χ1) is 11.1. The Morgan fingerprint density at radius 1 is 0.957 bits per heavy atom. The Kier molecular flexibility index (Phi) is 4.71. The summed E-state index contributed by atoms with van der Waals surface area (Å²) in [4.78, 5) is 4.41. The number of nitrogens with zero attached hydrogens (tertiary/aromatic N) is 3. The summed E-state index contributed by atoms with van der Waals surface area (Å²) in [7, 11) is 1.79. The molecule has 1 heterocycles. The Labute approximate surface area is 149 Å². The molecule has 3 rings (SSSR count). The Hall–Kier alpha value is -1.81. The van der Waals surface area contributed by atoms with Crippen LogP contribution in [0.25, 0.3) is 11.3 Å². The number of halogens is 3. The van der Waals surface area contributed by atoms with Crippen molar-refractivity contribution in [1.29, 1.82) is 0 Å². The van der Waals surface area contributed by atoms with E-state index in [0.717, 1.165) is 16.8 Å². The first-order valence-electron chi connectivity index (χ1n) is 6.84. The third-order valence-electron chi connectivity index (χ3n) is 3.32. The fourth-order valence-corrected chi connectivity index (χ4v) is 2.86. The van der Waals surface area contributed by atoms with Crippen LogP contribution in [-0.2, 0) is 7.05 Å². The standard InChI is InChI=1S/C17H12Cl3N3/c1-23-17(20)12(15(22-23)11-6-3-2-4-7-11)10-21-16-13(18)8-5-9-14(16)19/h2-10H,1H3. The maximum atomic E-state index is 6.35. The lowest BCUT2D eigenvalue weighted by Gasteiger charge is -2.01. The number of benzene rings is 2. The first kappa shape index (κ1) is 16.1. The summed E-state index contributed by atoms with van der Waals surface area (Å²) in [5, 5.41) is 5.92. The summed E-state index contributed by atoms with van der Waals surface area (Å²) in [5.74, 6) is 0. The smallest absolute Gasteiger partial charge is 0.136 e. The molecule has 0 aliphatic heterocycles. The molecule has 116 valence electrons. The summed E-state index contributed by atoms with van der Waals surface area (Å²) in [6, 6.07) is 15.0. The van der Waals surface area contributed by atoms with E-state index in [-0.39, 0.29) is 0 Å². The summed E-state index contributed by atoms with van der Waals surface area (Å²) in [6.07, 6.45) is 1.64. The van der Waals surface area contributed by atoms with Crippen LogP contribution in [0.3, 0.4) is 0 Å². The molecule has 6 heteroatoms. The highest BCUT2D eigenvalue weighted by Crippen LogP contribution is 2.33. The van der Waals surface area contributed by atoms with Gasteiger partial charge in [-0.1, -0.05) is 71.2 Å². The van der Waals surface area contributed by atoms with E-state index in [0.29, 0.717) is 20.9 Å². The van der Waals surface area contributed by atoms with Gasteiger partial charge >= 0.3 is 0 Å². The first-order valence-corrected chi connectivity index (χ1v) is 7.97. The summed E-state index contributed by atoms with van der Waals surface area (Å²) in [5.41, 5.74) is 2.94. The summed E-state index contributed by atoms with van der Waals surface area (Å²) in [6.45, 7) is 0. The van der Waals surface area contributed by atoms with Crippen molar-refractivity contribution in [2.24, 2.45) is 12.0 Å². The van der Waals surface area contributed by atoms with Gasteiger partial charge in [-0.15, -0.1) is 0 Å². The fourth-order valence-electron chi connectivity index (χ4n) is 2.18. The highest BCUT2D eigenvalue weighted by Gasteiger charge is 2.15. The van der Waals surface area contributed by atoms with Crippen LogP contribution in [0.1, 0.15) is 5.56 Å². The molecule has 0 aliphatic carbocycles. The number of hydrogen-bond donors (Lipinski definition) is 0. The molecular weight excluding hydrogens is 353 g/mol. The average molecular weight is 365 g/mol. The van der Waals surface area contributed by atoms with E-state index in [9.17, 15) is 0 Å². The Bertz CT molecular complexity index is 850. The fraction of sp³-hybridized carbons (Fsp3) is 0.0588. The van der Waals surface area contributed by atoms with Crippen molar-refractivity contribution in [3.63, 3.8) is 0 Å². The van der Waals surface area contributed by atoms with E-state index >= 15 is 0 Å². The van der Waals surface area contributed by atoms with Gasteiger partial charge in [0.25, 0.3) is 0 Å². The second-order valence-electron chi connectivity index (χ2n) is 4.87. The Morgan fingerprint density at radius 2 is 1.61 bits per heavy atom. The highest BCUT2D eigenvalue weighted by molar-refractivity contribution is 6.39. The van der Waals surface area contributed by atoms with Gasteiger partial charge in [0.15, 0.2) is 0 Å². The molecule has 3 nitrogen and oxygen atoms in total. The van der Waals surface area contributed by atoms with Gasteiger partial charge in [0.05, 0.1) is 15.6 Å². The van der Waals surface area contributed by atoms with Crippen molar-refractivity contribution in [2.75, 3.05) is 0 Å². The lowest BCUT2D eigenvalue weighted by atomic mass is 10.1. The van der Waals surface area contributed by atoms with Crippen LogP contribution in [0.5, 0.6) is 0 Å². The number of para-hydroxylation sites is 1. The van der Waals surface area contributed by atoms with Crippen LogP contribution in [0, 0.1) is 0 Å². The maximum absolute atomic E-state index is 6.35. The molecule has 0 saturated carbocycles. The van der Waals surface area contributed by atoms with Gasteiger partial charge in [0.1, 0.15) is 16.5 Å². The van der Waals surface area contributed by atoms with Crippen molar-refractivity contribution in [1.82, 2.24) is 9.78 Å². The van der Waals surface area contributed by atoms with E-state index in [1.54, 1.807) is 36.1 Å². The van der Waals surface area contributed by atoms with E-state index < -0.39 is 0 Å². The predicted octanol–water partition coefficient (Wildman–Crippen LogP) is 5.80. The minimum Gasteiger partial charge on any atom is -0.256 e. The zero-order valence-electron chi connectivity index (χ0n) is 12.2. The molecule has 1 aromatic heterocycles. The summed E-state index contributed by atoms with van der Waals surface area (Å²) < 4.78 is 1.61. The van der Waals surface area contributed by atoms with Gasteiger partial charge in [-0.05, 0) is 12.1 Å². The molecule has 0 atom stereocenters. The minimum atomic E-state index is 0.482. The molecule has 0 unspecified atom stereocenters. The third kappa shape index (κ3) is 3.27. The normalized spacial score (nSPS) is 11.3. The molecule has 0 N–H and O–H groups in total. The monoisotopic (exact) mass is 363 g/mol. The SMILES string of the molecule is Cn1nc(-c2ccccc2)c(C=Nc2c(Cl)cccc2Cl)c1Cl. The van der Waals surface area contributed by atoms with Crippen molar-refractivity contribution in [2.45, 2.75) is 0 Å². The molecule has 0 aliphatic rings. The quantitative estimate of drug-likeness (QED) is 0.540. The zero-order valence-corrected chi connectivity index (χ0v) is 14.4. The minimum absolute atomic E-state index is 0.482. The van der Waals surface area contributed by atoms with Crippen LogP contribution < -0.4 is 0 Å². The molecular formula is C17H12Cl3N3. The third-order valence-corrected chi connectivity index (χ3v) is 4.38. The molecule has 0 amide bonds. The van der Waals surface area contributed by atoms with Gasteiger partial charge in [-0.2, -0.15) is 5.10 Å². The number of aromatic nitrogens is 2. The molecule has 0 saturated heterocycles. The molecule has 2 aromatic carbocycles. The van der Waals surface area contributed by atoms with E-state index in [1.807, 2.05) is 30.3 Å². The Morgan fingerprint density at radius 3 is 2.26 bits per heavy atom. The number of rotatable bonds is 3. The average Bonchev–Trinajstić information content (AvgIpc) is 2.83. The second-order valence-corrected chi connectivity index (χ2v) is 6.04. The molecule has 0 radical (unpaired) electrons. The lowest BCUT2D eigenvalue weighted by Crippen LogP contribution is -1.89. The van der Waals surface area contributed by atoms with Gasteiger partial charge < -0.3 is 0 Å². The number of hydrogen-bond acceptors (Lipinski definition) is 2. The van der Waals surface area contributed by atoms with Crippen molar-refractivity contribution >= 4 is 46.7 Å². The van der Waals surface area contributed by atoms with Gasteiger partial charge in [0.2, 0.25) is 0 Å². The van der Waals surface area contributed by atoms with Crippen LogP contribution in [-0.4, -0.2) is 16.0 Å². The van der Waals surface area contributed by atoms with E-state index in [1.165, 1.54) is 0 Å². The van der Waals surface area contributed by atoms with Crippen molar-refractivity contribution in [3.05, 3.63) is 69.3 Å². The second kappa shape index (κ2) is 6.75. The Balaban J connectivity index is 2.09. The lowest BCUT2D eigenvalue weighted by molar-refractivity contribution is 0.772. The van der Waals surface area contributed by atoms with E-state index in [2.05, 4.69) is 10.1 Å². The summed E-state index contributed by atoms with van der Waals surface area (Å²) >= 11 is 18.6. The van der Waals surface area contributed by atoms with Crippen LogP contribution in [0.2, 0.25) is 15.2 Å². The number of aryl methyl sites for hydroxylation is 1. The zero-order chi connectivity index (χ0) is 16.4. The van der Waals surface area contributed by atoms with E-state index in [4.69, 9.17) is 34.8 Å². The molecule has 3 aromatic rings. The van der Waals surface area contributed by atoms with Crippen LogP contribution >= 0.6 is 34.8 Å². The van der Waals surface area contributed by atoms with Crippen molar-refractivity contribution in [3.8, 4) is 11.3 Å². The highest BCUT2D eigenvalue weighted by atomic mass is 35.5. The molecule has 0 bridgehead atoms. The van der Waals surface area contributed by atoms with Gasteiger partial charge in [-0.25, -0.2) is 0 Å².